The van der Waals surface area contributed by atoms with Gasteiger partial charge < -0.3 is 16.0 Å². The fourth-order valence-corrected chi connectivity index (χ4v) is 4.55. The van der Waals surface area contributed by atoms with Gasteiger partial charge in [0.15, 0.2) is 0 Å². The Balaban J connectivity index is 1.42. The monoisotopic (exact) mass is 463 g/mol. The van der Waals surface area contributed by atoms with E-state index in [0.29, 0.717) is 10.6 Å². The largest absolute Gasteiger partial charge is 0.345 e. The summed E-state index contributed by atoms with van der Waals surface area (Å²) in [6.45, 7) is 1.57. The molecule has 1 aromatic carbocycles. The second-order valence-electron chi connectivity index (χ2n) is 6.73. The maximum absolute atomic E-state index is 12.3. The van der Waals surface area contributed by atoms with Crippen molar-refractivity contribution in [2.45, 2.75) is 32.6 Å². The number of halogens is 1. The van der Waals surface area contributed by atoms with Crippen molar-refractivity contribution in [1.29, 1.82) is 0 Å². The molecule has 148 valence electrons. The van der Waals surface area contributed by atoms with Gasteiger partial charge in [0.05, 0.1) is 18.0 Å². The van der Waals surface area contributed by atoms with Crippen molar-refractivity contribution in [2.24, 2.45) is 0 Å². The number of hydrogen-bond acceptors (Lipinski definition) is 4. The van der Waals surface area contributed by atoms with Crippen LogP contribution in [0.5, 0.6) is 0 Å². The van der Waals surface area contributed by atoms with E-state index in [4.69, 9.17) is 0 Å². The third-order valence-electron chi connectivity index (χ3n) is 4.55. The van der Waals surface area contributed by atoms with Gasteiger partial charge >= 0.3 is 0 Å². The van der Waals surface area contributed by atoms with Gasteiger partial charge in [0.1, 0.15) is 0 Å². The summed E-state index contributed by atoms with van der Waals surface area (Å²) in [5.74, 6) is -0.980. The molecule has 0 aliphatic heterocycles. The van der Waals surface area contributed by atoms with Crippen LogP contribution in [0.25, 0.3) is 0 Å². The average Bonchev–Trinajstić information content (AvgIpc) is 3.11. The zero-order valence-corrected chi connectivity index (χ0v) is 18.0. The van der Waals surface area contributed by atoms with E-state index in [9.17, 15) is 14.4 Å². The summed E-state index contributed by atoms with van der Waals surface area (Å²) in [6.07, 6.45) is 4.37. The lowest BCUT2D eigenvalue weighted by molar-refractivity contribution is -0.123. The Labute approximate surface area is 176 Å². The number of rotatable bonds is 6. The molecular formula is C20H22BrN3O3S. The average molecular weight is 464 g/mol. The summed E-state index contributed by atoms with van der Waals surface area (Å²) in [7, 11) is 0. The Morgan fingerprint density at radius 3 is 2.57 bits per heavy atom. The van der Waals surface area contributed by atoms with E-state index in [1.807, 2.05) is 25.1 Å². The van der Waals surface area contributed by atoms with Crippen LogP contribution < -0.4 is 16.0 Å². The number of carbonyl (C=O) groups excluding carboxylic acids is 3. The third kappa shape index (κ3) is 5.42. The summed E-state index contributed by atoms with van der Waals surface area (Å²) >= 11 is 4.87. The number of fused-ring (bicyclic) bond motifs is 1. The molecule has 2 aromatic rings. The molecule has 8 heteroatoms. The number of amides is 3. The van der Waals surface area contributed by atoms with Crippen LogP contribution >= 0.6 is 27.3 Å². The van der Waals surface area contributed by atoms with E-state index < -0.39 is 5.91 Å². The second-order valence-corrected chi connectivity index (χ2v) is 8.79. The van der Waals surface area contributed by atoms with Crippen LogP contribution in [0.4, 0.5) is 5.69 Å². The third-order valence-corrected chi connectivity index (χ3v) is 6.28. The van der Waals surface area contributed by atoms with Crippen LogP contribution in [-0.4, -0.2) is 30.8 Å². The van der Waals surface area contributed by atoms with Crippen LogP contribution in [0.1, 0.15) is 38.5 Å². The number of hydrogen-bond donors (Lipinski definition) is 3. The summed E-state index contributed by atoms with van der Waals surface area (Å²) in [4.78, 5) is 38.1. The summed E-state index contributed by atoms with van der Waals surface area (Å²) in [5, 5.41) is 7.89. The van der Waals surface area contributed by atoms with Crippen LogP contribution in [0.15, 0.2) is 28.7 Å². The van der Waals surface area contributed by atoms with E-state index in [0.717, 1.165) is 29.3 Å². The Bertz CT molecular complexity index is 887. The summed E-state index contributed by atoms with van der Waals surface area (Å²) in [6, 6.07) is 7.51. The molecule has 0 saturated heterocycles. The molecule has 1 aliphatic carbocycles. The zero-order chi connectivity index (χ0) is 20.1. The first-order valence-corrected chi connectivity index (χ1v) is 10.8. The lowest BCUT2D eigenvalue weighted by Gasteiger charge is -2.10. The van der Waals surface area contributed by atoms with Gasteiger partial charge in [-0.2, -0.15) is 0 Å². The lowest BCUT2D eigenvalue weighted by Crippen LogP contribution is -2.40. The van der Waals surface area contributed by atoms with Gasteiger partial charge in [-0.15, -0.1) is 11.3 Å². The molecule has 0 atom stereocenters. The summed E-state index contributed by atoms with van der Waals surface area (Å²) < 4.78 is 0.857. The van der Waals surface area contributed by atoms with Gasteiger partial charge in [0, 0.05) is 15.0 Å². The highest BCUT2D eigenvalue weighted by atomic mass is 79.9. The number of nitrogens with one attached hydrogen (secondary N) is 3. The van der Waals surface area contributed by atoms with Crippen LogP contribution in [0, 0.1) is 6.92 Å². The quantitative estimate of drug-likeness (QED) is 0.614. The van der Waals surface area contributed by atoms with E-state index in [1.165, 1.54) is 28.2 Å². The molecule has 0 unspecified atom stereocenters. The molecule has 0 bridgehead atoms. The number of aryl methyl sites for hydroxylation is 3. The molecule has 1 aliphatic rings. The highest BCUT2D eigenvalue weighted by Gasteiger charge is 2.17. The number of benzene rings is 1. The van der Waals surface area contributed by atoms with E-state index in [1.54, 1.807) is 6.07 Å². The number of anilines is 1. The maximum atomic E-state index is 12.3. The second kappa shape index (κ2) is 9.34. The van der Waals surface area contributed by atoms with Crippen molar-refractivity contribution in [3.63, 3.8) is 0 Å². The van der Waals surface area contributed by atoms with Gasteiger partial charge in [-0.05, 0) is 61.9 Å². The molecular weight excluding hydrogens is 442 g/mol. The van der Waals surface area contributed by atoms with Crippen LogP contribution in [0.3, 0.4) is 0 Å². The molecule has 1 aromatic heterocycles. The molecule has 1 heterocycles. The van der Waals surface area contributed by atoms with Crippen LogP contribution in [-0.2, 0) is 22.4 Å². The predicted molar refractivity (Wildman–Crippen MR) is 114 cm³/mol. The Kier molecular flexibility index (Phi) is 6.85. The minimum atomic E-state index is -0.407. The normalized spacial score (nSPS) is 12.8. The maximum Gasteiger partial charge on any atom is 0.261 e. The van der Waals surface area contributed by atoms with E-state index in [2.05, 4.69) is 31.9 Å². The fraction of sp³-hybridized carbons (Fsp3) is 0.350. The standard InChI is InChI=1S/C20H22BrN3O3S/c1-12-6-7-14(21)9-15(12)24-19(26)11-22-18(25)10-23-20(27)17-8-13-4-2-3-5-16(13)28-17/h6-9H,2-5,10-11H2,1H3,(H,22,25)(H,23,27)(H,24,26). The first-order valence-electron chi connectivity index (χ1n) is 9.15. The highest BCUT2D eigenvalue weighted by molar-refractivity contribution is 9.10. The Morgan fingerprint density at radius 1 is 1.04 bits per heavy atom. The molecule has 6 nitrogen and oxygen atoms in total. The van der Waals surface area contributed by atoms with Crippen molar-refractivity contribution < 1.29 is 14.4 Å². The summed E-state index contributed by atoms with van der Waals surface area (Å²) in [5.41, 5.74) is 2.86. The Morgan fingerprint density at radius 2 is 1.79 bits per heavy atom. The highest BCUT2D eigenvalue weighted by Crippen LogP contribution is 2.29. The molecule has 0 spiro atoms. The SMILES string of the molecule is Cc1ccc(Br)cc1NC(=O)CNC(=O)CNC(=O)c1cc2c(s1)CCCC2. The number of carbonyl (C=O) groups is 3. The molecule has 3 N–H and O–H groups in total. The zero-order valence-electron chi connectivity index (χ0n) is 15.6. The fourth-order valence-electron chi connectivity index (χ4n) is 3.01. The minimum Gasteiger partial charge on any atom is -0.345 e. The van der Waals surface area contributed by atoms with Gasteiger partial charge in [-0.3, -0.25) is 14.4 Å². The smallest absolute Gasteiger partial charge is 0.261 e. The molecule has 0 fully saturated rings. The van der Waals surface area contributed by atoms with Gasteiger partial charge in [0.25, 0.3) is 5.91 Å². The van der Waals surface area contributed by atoms with Gasteiger partial charge in [0.2, 0.25) is 11.8 Å². The first-order chi connectivity index (χ1) is 13.4. The predicted octanol–water partition coefficient (Wildman–Crippen LogP) is 3.18. The van der Waals surface area contributed by atoms with Crippen molar-refractivity contribution in [3.8, 4) is 0 Å². The minimum absolute atomic E-state index is 0.159. The van der Waals surface area contributed by atoms with E-state index in [-0.39, 0.29) is 24.9 Å². The Hall–Kier alpha value is -2.19. The van der Waals surface area contributed by atoms with Crippen molar-refractivity contribution in [3.05, 3.63) is 49.6 Å². The van der Waals surface area contributed by atoms with Crippen molar-refractivity contribution in [2.75, 3.05) is 18.4 Å². The molecule has 28 heavy (non-hydrogen) atoms. The molecule has 3 rings (SSSR count). The molecule has 3 amide bonds. The van der Waals surface area contributed by atoms with E-state index >= 15 is 0 Å². The van der Waals surface area contributed by atoms with Crippen LogP contribution in [0.2, 0.25) is 0 Å². The van der Waals surface area contributed by atoms with Gasteiger partial charge in [-0.25, -0.2) is 0 Å². The van der Waals surface area contributed by atoms with Crippen molar-refractivity contribution in [1.82, 2.24) is 10.6 Å². The molecule has 0 saturated carbocycles. The topological polar surface area (TPSA) is 87.3 Å². The van der Waals surface area contributed by atoms with Crippen molar-refractivity contribution >= 4 is 50.7 Å². The molecule has 0 radical (unpaired) electrons. The van der Waals surface area contributed by atoms with Gasteiger partial charge in [-0.1, -0.05) is 22.0 Å². The number of thiophene rings is 1. The lowest BCUT2D eigenvalue weighted by atomic mass is 9.99. The first kappa shape index (κ1) is 20.5.